The first-order valence-corrected chi connectivity index (χ1v) is 9.72. The second kappa shape index (κ2) is 8.33. The fraction of sp³-hybridized carbons (Fsp3) is 0.316. The third kappa shape index (κ3) is 4.83. The lowest BCUT2D eigenvalue weighted by atomic mass is 10.1. The Bertz CT molecular complexity index is 877. The summed E-state index contributed by atoms with van der Waals surface area (Å²) in [6, 6.07) is 11.4. The van der Waals surface area contributed by atoms with Crippen LogP contribution in [0.3, 0.4) is 0 Å². The molecule has 0 saturated carbocycles. The van der Waals surface area contributed by atoms with E-state index in [9.17, 15) is 13.2 Å². The summed E-state index contributed by atoms with van der Waals surface area (Å²) in [6.07, 6.45) is 0. The number of hydrogen-bond acceptors (Lipinski definition) is 4. The molecule has 1 unspecified atom stereocenters. The first-order chi connectivity index (χ1) is 12.2. The zero-order chi connectivity index (χ0) is 19.3. The highest BCUT2D eigenvalue weighted by Crippen LogP contribution is 2.23. The van der Waals surface area contributed by atoms with E-state index in [0.29, 0.717) is 23.4 Å². The number of benzene rings is 2. The average molecular weight is 376 g/mol. The molecule has 0 bridgehead atoms. The van der Waals surface area contributed by atoms with Gasteiger partial charge in [-0.2, -0.15) is 0 Å². The zero-order valence-electron chi connectivity index (χ0n) is 15.4. The Morgan fingerprint density at radius 3 is 2.38 bits per heavy atom. The van der Waals surface area contributed by atoms with Crippen molar-refractivity contribution in [2.75, 3.05) is 18.4 Å². The molecular formula is C19H24N2O4S. The van der Waals surface area contributed by atoms with Crippen molar-refractivity contribution >= 4 is 21.6 Å². The van der Waals surface area contributed by atoms with Gasteiger partial charge in [0, 0.05) is 18.7 Å². The largest absolute Gasteiger partial charge is 0.383 e. The van der Waals surface area contributed by atoms with Gasteiger partial charge in [-0.05, 0) is 50.6 Å². The van der Waals surface area contributed by atoms with Crippen LogP contribution < -0.4 is 10.0 Å². The molecule has 140 valence electrons. The standard InChI is InChI=1S/C19H24N2O4S/c1-13-8-10-16(11-9-13)26(23,24)21-18-7-5-6-17(15(18)3)19(22)20-14(2)12-25-4/h5-11,14,21H,12H2,1-4H3,(H,20,22). The van der Waals surface area contributed by atoms with Crippen LogP contribution in [0.15, 0.2) is 47.4 Å². The van der Waals surface area contributed by atoms with E-state index >= 15 is 0 Å². The SMILES string of the molecule is COCC(C)NC(=O)c1cccc(NS(=O)(=O)c2ccc(C)cc2)c1C. The Hall–Kier alpha value is -2.38. The number of carbonyl (C=O) groups excluding carboxylic acids is 1. The highest BCUT2D eigenvalue weighted by Gasteiger charge is 2.18. The smallest absolute Gasteiger partial charge is 0.261 e. The molecule has 0 fully saturated rings. The molecule has 0 spiro atoms. The van der Waals surface area contributed by atoms with Gasteiger partial charge in [-0.1, -0.05) is 23.8 Å². The molecule has 6 nitrogen and oxygen atoms in total. The van der Waals surface area contributed by atoms with E-state index in [2.05, 4.69) is 10.0 Å². The number of sulfonamides is 1. The van der Waals surface area contributed by atoms with Crippen LogP contribution in [0.5, 0.6) is 0 Å². The quantitative estimate of drug-likeness (QED) is 0.778. The average Bonchev–Trinajstić information content (AvgIpc) is 2.57. The minimum Gasteiger partial charge on any atom is -0.383 e. The minimum absolute atomic E-state index is 0.153. The van der Waals surface area contributed by atoms with E-state index in [4.69, 9.17) is 4.74 Å². The monoisotopic (exact) mass is 376 g/mol. The Kier molecular flexibility index (Phi) is 6.39. The van der Waals surface area contributed by atoms with E-state index in [1.54, 1.807) is 56.5 Å². The summed E-state index contributed by atoms with van der Waals surface area (Å²) in [7, 11) is -2.16. The van der Waals surface area contributed by atoms with Crippen molar-refractivity contribution in [2.24, 2.45) is 0 Å². The molecule has 2 rings (SSSR count). The van der Waals surface area contributed by atoms with Crippen molar-refractivity contribution in [1.82, 2.24) is 5.32 Å². The Labute approximate surface area is 154 Å². The lowest BCUT2D eigenvalue weighted by Gasteiger charge is -2.16. The summed E-state index contributed by atoms with van der Waals surface area (Å²) in [5.74, 6) is -0.275. The van der Waals surface area contributed by atoms with Gasteiger partial charge in [0.2, 0.25) is 0 Å². The second-order valence-electron chi connectivity index (χ2n) is 6.23. The van der Waals surface area contributed by atoms with Gasteiger partial charge in [0.25, 0.3) is 15.9 Å². The van der Waals surface area contributed by atoms with Crippen molar-refractivity contribution in [3.8, 4) is 0 Å². The molecule has 0 aliphatic carbocycles. The summed E-state index contributed by atoms with van der Waals surface area (Å²) < 4.78 is 32.7. The van der Waals surface area contributed by atoms with Crippen LogP contribution in [0.4, 0.5) is 5.69 Å². The van der Waals surface area contributed by atoms with E-state index in [1.807, 2.05) is 13.8 Å². The molecule has 0 aliphatic rings. The van der Waals surface area contributed by atoms with E-state index < -0.39 is 10.0 Å². The maximum absolute atomic E-state index is 12.6. The lowest BCUT2D eigenvalue weighted by Crippen LogP contribution is -2.36. The van der Waals surface area contributed by atoms with Crippen LogP contribution in [-0.4, -0.2) is 34.1 Å². The fourth-order valence-corrected chi connectivity index (χ4v) is 3.63. The normalized spacial score (nSPS) is 12.5. The van der Waals surface area contributed by atoms with Crippen molar-refractivity contribution in [3.05, 3.63) is 59.2 Å². The summed E-state index contributed by atoms with van der Waals surface area (Å²) in [4.78, 5) is 12.6. The van der Waals surface area contributed by atoms with Crippen molar-refractivity contribution in [2.45, 2.75) is 31.7 Å². The number of hydrogen-bond donors (Lipinski definition) is 2. The number of nitrogens with one attached hydrogen (secondary N) is 2. The molecule has 2 aromatic carbocycles. The van der Waals surface area contributed by atoms with Gasteiger partial charge in [0.05, 0.1) is 17.2 Å². The summed E-state index contributed by atoms with van der Waals surface area (Å²) >= 11 is 0. The Morgan fingerprint density at radius 1 is 1.12 bits per heavy atom. The Balaban J connectivity index is 2.26. The highest BCUT2D eigenvalue weighted by atomic mass is 32.2. The molecule has 2 N–H and O–H groups in total. The number of ether oxygens (including phenoxy) is 1. The predicted molar refractivity (Wildman–Crippen MR) is 102 cm³/mol. The maximum atomic E-state index is 12.6. The number of carbonyl (C=O) groups is 1. The molecule has 0 saturated heterocycles. The fourth-order valence-electron chi connectivity index (χ4n) is 2.51. The summed E-state index contributed by atoms with van der Waals surface area (Å²) in [5.41, 5.74) is 2.32. The van der Waals surface area contributed by atoms with Gasteiger partial charge < -0.3 is 10.1 Å². The topological polar surface area (TPSA) is 84.5 Å². The molecule has 2 aromatic rings. The molecule has 7 heteroatoms. The van der Waals surface area contributed by atoms with Gasteiger partial charge >= 0.3 is 0 Å². The zero-order valence-corrected chi connectivity index (χ0v) is 16.2. The number of anilines is 1. The molecule has 0 heterocycles. The first kappa shape index (κ1) is 19.9. The van der Waals surface area contributed by atoms with Gasteiger partial charge in [-0.15, -0.1) is 0 Å². The van der Waals surface area contributed by atoms with Crippen LogP contribution in [-0.2, 0) is 14.8 Å². The van der Waals surface area contributed by atoms with Crippen LogP contribution in [0, 0.1) is 13.8 Å². The van der Waals surface area contributed by atoms with Crippen molar-refractivity contribution in [1.29, 1.82) is 0 Å². The highest BCUT2D eigenvalue weighted by molar-refractivity contribution is 7.92. The number of amides is 1. The molecule has 0 radical (unpaired) electrons. The van der Waals surface area contributed by atoms with Gasteiger partial charge in [-0.3, -0.25) is 9.52 Å². The molecule has 26 heavy (non-hydrogen) atoms. The van der Waals surface area contributed by atoms with Crippen LogP contribution in [0.25, 0.3) is 0 Å². The van der Waals surface area contributed by atoms with Crippen LogP contribution >= 0.6 is 0 Å². The number of methoxy groups -OCH3 is 1. The molecule has 0 aliphatic heterocycles. The molecule has 1 atom stereocenters. The predicted octanol–water partition coefficient (Wildman–Crippen LogP) is 2.87. The van der Waals surface area contributed by atoms with Gasteiger partial charge in [-0.25, -0.2) is 8.42 Å². The maximum Gasteiger partial charge on any atom is 0.261 e. The third-order valence-corrected chi connectivity index (χ3v) is 5.33. The molecule has 0 aromatic heterocycles. The molecule has 1 amide bonds. The van der Waals surface area contributed by atoms with Crippen LogP contribution in [0.2, 0.25) is 0 Å². The Morgan fingerprint density at radius 2 is 1.77 bits per heavy atom. The van der Waals surface area contributed by atoms with E-state index in [1.165, 1.54) is 0 Å². The molecular weight excluding hydrogens is 352 g/mol. The van der Waals surface area contributed by atoms with Crippen LogP contribution in [0.1, 0.15) is 28.4 Å². The van der Waals surface area contributed by atoms with Gasteiger partial charge in [0.1, 0.15) is 0 Å². The van der Waals surface area contributed by atoms with Crippen molar-refractivity contribution in [3.63, 3.8) is 0 Å². The van der Waals surface area contributed by atoms with E-state index in [0.717, 1.165) is 5.56 Å². The van der Waals surface area contributed by atoms with Gasteiger partial charge in [0.15, 0.2) is 0 Å². The second-order valence-corrected chi connectivity index (χ2v) is 7.91. The van der Waals surface area contributed by atoms with Crippen molar-refractivity contribution < 1.29 is 17.9 Å². The minimum atomic E-state index is -3.73. The summed E-state index contributed by atoms with van der Waals surface area (Å²) in [6.45, 7) is 5.83. The number of rotatable bonds is 7. The summed E-state index contributed by atoms with van der Waals surface area (Å²) in [5, 5.41) is 2.82. The lowest BCUT2D eigenvalue weighted by molar-refractivity contribution is 0.0905. The first-order valence-electron chi connectivity index (χ1n) is 8.23. The van der Waals surface area contributed by atoms with E-state index in [-0.39, 0.29) is 16.8 Å². The third-order valence-electron chi connectivity index (χ3n) is 3.95. The number of aryl methyl sites for hydroxylation is 1.